The van der Waals surface area contributed by atoms with Crippen LogP contribution < -0.4 is 15.4 Å². The molecule has 2 N–H and O–H groups in total. The summed E-state index contributed by atoms with van der Waals surface area (Å²) in [7, 11) is 1.21. The van der Waals surface area contributed by atoms with E-state index in [4.69, 9.17) is 4.74 Å². The standard InChI is InChI=1S/C22H22F3N5O/c1-31-19-9-8-16(11-17(19)22(23,24)25)27-20-12-18(14-5-4-10-26-13-14)29-21(30-20)28-15-6-2-3-7-15/h4-5,8-13,15H,2-3,6-7H2,1H3,(H2,27,28,29,30). The highest BCUT2D eigenvalue weighted by Crippen LogP contribution is 2.38. The van der Waals surface area contributed by atoms with E-state index >= 15 is 0 Å². The Bertz CT molecular complexity index is 1040. The fraction of sp³-hybridized carbons (Fsp3) is 0.318. The van der Waals surface area contributed by atoms with Crippen molar-refractivity contribution in [1.29, 1.82) is 0 Å². The molecular weight excluding hydrogens is 407 g/mol. The van der Waals surface area contributed by atoms with Gasteiger partial charge in [-0.2, -0.15) is 18.2 Å². The highest BCUT2D eigenvalue weighted by molar-refractivity contribution is 5.67. The summed E-state index contributed by atoms with van der Waals surface area (Å²) in [6.45, 7) is 0. The average Bonchev–Trinajstić information content (AvgIpc) is 3.26. The van der Waals surface area contributed by atoms with Crippen molar-refractivity contribution in [3.05, 3.63) is 54.4 Å². The fourth-order valence-electron chi connectivity index (χ4n) is 3.65. The van der Waals surface area contributed by atoms with E-state index in [1.807, 2.05) is 6.07 Å². The SMILES string of the molecule is COc1ccc(Nc2cc(-c3cccnc3)nc(NC3CCCC3)n2)cc1C(F)(F)F. The van der Waals surface area contributed by atoms with Gasteiger partial charge in [-0.3, -0.25) is 4.98 Å². The van der Waals surface area contributed by atoms with Crippen molar-refractivity contribution in [3.8, 4) is 17.0 Å². The number of rotatable bonds is 6. The van der Waals surface area contributed by atoms with Crippen LogP contribution >= 0.6 is 0 Å². The predicted molar refractivity (Wildman–Crippen MR) is 112 cm³/mol. The van der Waals surface area contributed by atoms with Gasteiger partial charge in [-0.25, -0.2) is 4.98 Å². The molecule has 6 nitrogen and oxygen atoms in total. The molecule has 0 amide bonds. The van der Waals surface area contributed by atoms with Gasteiger partial charge in [-0.05, 0) is 43.2 Å². The number of hydrogen-bond acceptors (Lipinski definition) is 6. The lowest BCUT2D eigenvalue weighted by molar-refractivity contribution is -0.138. The van der Waals surface area contributed by atoms with E-state index in [-0.39, 0.29) is 17.5 Å². The first-order valence-electron chi connectivity index (χ1n) is 10.0. The molecular formula is C22H22F3N5O. The minimum atomic E-state index is -4.54. The predicted octanol–water partition coefficient (Wildman–Crippen LogP) is 5.66. The second-order valence-corrected chi connectivity index (χ2v) is 7.37. The molecule has 9 heteroatoms. The molecule has 0 unspecified atom stereocenters. The van der Waals surface area contributed by atoms with Crippen LogP contribution in [0.25, 0.3) is 11.3 Å². The van der Waals surface area contributed by atoms with Gasteiger partial charge in [0.15, 0.2) is 0 Å². The Morgan fingerprint density at radius 2 is 1.87 bits per heavy atom. The third-order valence-electron chi connectivity index (χ3n) is 5.15. The third kappa shape index (κ3) is 5.04. The lowest BCUT2D eigenvalue weighted by Gasteiger charge is -2.16. The summed E-state index contributed by atoms with van der Waals surface area (Å²) in [5, 5.41) is 6.32. The molecule has 1 aromatic carbocycles. The van der Waals surface area contributed by atoms with Crippen molar-refractivity contribution in [2.75, 3.05) is 17.7 Å². The van der Waals surface area contributed by atoms with Crippen LogP contribution in [0.2, 0.25) is 0 Å². The normalized spacial score (nSPS) is 14.5. The maximum absolute atomic E-state index is 13.4. The van der Waals surface area contributed by atoms with Crippen molar-refractivity contribution in [1.82, 2.24) is 15.0 Å². The molecule has 0 atom stereocenters. The zero-order valence-corrected chi connectivity index (χ0v) is 16.9. The van der Waals surface area contributed by atoms with Gasteiger partial charge in [-0.15, -0.1) is 0 Å². The first kappa shape index (κ1) is 20.9. The second-order valence-electron chi connectivity index (χ2n) is 7.37. The van der Waals surface area contributed by atoms with E-state index in [0.29, 0.717) is 17.5 Å². The van der Waals surface area contributed by atoms with Crippen molar-refractivity contribution in [2.45, 2.75) is 37.9 Å². The van der Waals surface area contributed by atoms with Crippen molar-refractivity contribution in [2.24, 2.45) is 0 Å². The highest BCUT2D eigenvalue weighted by Gasteiger charge is 2.34. The maximum atomic E-state index is 13.4. The summed E-state index contributed by atoms with van der Waals surface area (Å²) in [6.07, 6.45) is 3.19. The molecule has 1 saturated carbocycles. The van der Waals surface area contributed by atoms with Crippen LogP contribution in [0.5, 0.6) is 5.75 Å². The van der Waals surface area contributed by atoms with Crippen LogP contribution in [-0.2, 0) is 6.18 Å². The van der Waals surface area contributed by atoms with E-state index in [0.717, 1.165) is 37.3 Å². The van der Waals surface area contributed by atoms with Gasteiger partial charge in [-0.1, -0.05) is 12.8 Å². The number of anilines is 3. The number of aromatic nitrogens is 3. The number of alkyl halides is 3. The van der Waals surface area contributed by atoms with Crippen LogP contribution in [0.15, 0.2) is 48.8 Å². The molecule has 162 valence electrons. The highest BCUT2D eigenvalue weighted by atomic mass is 19.4. The van der Waals surface area contributed by atoms with Gasteiger partial charge >= 0.3 is 6.18 Å². The Morgan fingerprint density at radius 3 is 2.55 bits per heavy atom. The molecule has 0 radical (unpaired) electrons. The molecule has 0 bridgehead atoms. The maximum Gasteiger partial charge on any atom is 0.420 e. The van der Waals surface area contributed by atoms with Gasteiger partial charge < -0.3 is 15.4 Å². The lowest BCUT2D eigenvalue weighted by atomic mass is 10.1. The lowest BCUT2D eigenvalue weighted by Crippen LogP contribution is -2.17. The zero-order chi connectivity index (χ0) is 21.8. The number of pyridine rings is 1. The van der Waals surface area contributed by atoms with Crippen molar-refractivity contribution < 1.29 is 17.9 Å². The third-order valence-corrected chi connectivity index (χ3v) is 5.15. The van der Waals surface area contributed by atoms with Gasteiger partial charge in [0.2, 0.25) is 5.95 Å². The Hall–Kier alpha value is -3.36. The quantitative estimate of drug-likeness (QED) is 0.527. The van der Waals surface area contributed by atoms with Gasteiger partial charge in [0, 0.05) is 35.8 Å². The van der Waals surface area contributed by atoms with Gasteiger partial charge in [0.25, 0.3) is 0 Å². The minimum absolute atomic E-state index is 0.236. The van der Waals surface area contributed by atoms with Crippen molar-refractivity contribution in [3.63, 3.8) is 0 Å². The monoisotopic (exact) mass is 429 g/mol. The molecule has 31 heavy (non-hydrogen) atoms. The number of benzene rings is 1. The summed E-state index contributed by atoms with van der Waals surface area (Å²) in [6, 6.07) is 9.45. The Morgan fingerprint density at radius 1 is 1.06 bits per heavy atom. The number of halogens is 3. The molecule has 1 fully saturated rings. The number of hydrogen-bond donors (Lipinski definition) is 2. The van der Waals surface area contributed by atoms with E-state index in [2.05, 4.69) is 25.6 Å². The molecule has 0 saturated heterocycles. The molecule has 3 aromatic rings. The Labute approximate surface area is 177 Å². The van der Waals surface area contributed by atoms with E-state index < -0.39 is 11.7 Å². The van der Waals surface area contributed by atoms with Crippen LogP contribution in [0.1, 0.15) is 31.2 Å². The number of nitrogens with one attached hydrogen (secondary N) is 2. The van der Waals surface area contributed by atoms with Crippen LogP contribution in [-0.4, -0.2) is 28.1 Å². The first-order chi connectivity index (χ1) is 14.9. The number of methoxy groups -OCH3 is 1. The summed E-state index contributed by atoms with van der Waals surface area (Å²) < 4.78 is 45.0. The smallest absolute Gasteiger partial charge is 0.420 e. The summed E-state index contributed by atoms with van der Waals surface area (Å²) in [4.78, 5) is 13.2. The molecule has 2 heterocycles. The summed E-state index contributed by atoms with van der Waals surface area (Å²) in [5.74, 6) is 0.577. The van der Waals surface area contributed by atoms with E-state index in [9.17, 15) is 13.2 Å². The first-order valence-corrected chi connectivity index (χ1v) is 10.0. The zero-order valence-electron chi connectivity index (χ0n) is 16.9. The van der Waals surface area contributed by atoms with Crippen LogP contribution in [0, 0.1) is 0 Å². The van der Waals surface area contributed by atoms with Gasteiger partial charge in [0.05, 0.1) is 18.4 Å². The Kier molecular flexibility index (Phi) is 5.92. The Balaban J connectivity index is 1.68. The molecule has 1 aliphatic rings. The van der Waals surface area contributed by atoms with Gasteiger partial charge in [0.1, 0.15) is 11.6 Å². The summed E-state index contributed by atoms with van der Waals surface area (Å²) >= 11 is 0. The number of ether oxygens (including phenoxy) is 1. The van der Waals surface area contributed by atoms with Crippen LogP contribution in [0.3, 0.4) is 0 Å². The molecule has 0 spiro atoms. The van der Waals surface area contributed by atoms with Crippen molar-refractivity contribution >= 4 is 17.5 Å². The average molecular weight is 429 g/mol. The second kappa shape index (κ2) is 8.79. The van der Waals surface area contributed by atoms with E-state index in [1.54, 1.807) is 24.5 Å². The largest absolute Gasteiger partial charge is 0.496 e. The number of nitrogens with zero attached hydrogens (tertiary/aromatic N) is 3. The van der Waals surface area contributed by atoms with Crippen LogP contribution in [0.4, 0.5) is 30.6 Å². The van der Waals surface area contributed by atoms with E-state index in [1.165, 1.54) is 19.2 Å². The molecule has 1 aliphatic carbocycles. The molecule has 4 rings (SSSR count). The summed E-state index contributed by atoms with van der Waals surface area (Å²) in [5.41, 5.74) is 0.797. The minimum Gasteiger partial charge on any atom is -0.496 e. The topological polar surface area (TPSA) is 72.0 Å². The fourth-order valence-corrected chi connectivity index (χ4v) is 3.65. The molecule has 0 aliphatic heterocycles. The molecule has 2 aromatic heterocycles.